The first-order chi connectivity index (χ1) is 11.0. The number of halogens is 1. The van der Waals surface area contributed by atoms with Crippen molar-refractivity contribution in [3.63, 3.8) is 0 Å². The lowest BCUT2D eigenvalue weighted by Crippen LogP contribution is -2.44. The Kier molecular flexibility index (Phi) is 5.60. The van der Waals surface area contributed by atoms with Gasteiger partial charge in [0.25, 0.3) is 11.8 Å². The van der Waals surface area contributed by atoms with Gasteiger partial charge < -0.3 is 4.74 Å². The van der Waals surface area contributed by atoms with Crippen molar-refractivity contribution in [2.24, 2.45) is 0 Å². The molecule has 2 amide bonds. The number of rotatable bonds is 4. The number of hydrogen-bond donors (Lipinski definition) is 2. The highest BCUT2D eigenvalue weighted by Crippen LogP contribution is 2.22. The lowest BCUT2D eigenvalue weighted by Gasteiger charge is -2.11. The van der Waals surface area contributed by atoms with E-state index < -0.39 is 5.91 Å². The van der Waals surface area contributed by atoms with Crippen LogP contribution in [0.5, 0.6) is 5.75 Å². The lowest BCUT2D eigenvalue weighted by atomic mass is 10.1. The Morgan fingerprint density at radius 3 is 2.57 bits per heavy atom. The maximum Gasteiger partial charge on any atom is 0.276 e. The molecule has 0 spiro atoms. The average Bonchev–Trinajstić information content (AvgIpc) is 2.54. The Labute approximate surface area is 139 Å². The average molecular weight is 333 g/mol. The van der Waals surface area contributed by atoms with E-state index in [0.717, 1.165) is 11.1 Å². The van der Waals surface area contributed by atoms with Crippen LogP contribution in [0.4, 0.5) is 0 Å². The summed E-state index contributed by atoms with van der Waals surface area (Å²) in [5.74, 6) is -0.453. The molecule has 0 saturated carbocycles. The number of nitrogens with one attached hydrogen (secondary N) is 2. The molecule has 0 bridgehead atoms. The van der Waals surface area contributed by atoms with Crippen LogP contribution in [0.2, 0.25) is 5.02 Å². The van der Waals surface area contributed by atoms with Crippen LogP contribution in [-0.4, -0.2) is 18.4 Å². The van der Waals surface area contributed by atoms with Crippen molar-refractivity contribution in [2.45, 2.75) is 13.8 Å². The predicted octanol–water partition coefficient (Wildman–Crippen LogP) is 2.80. The summed E-state index contributed by atoms with van der Waals surface area (Å²) in [7, 11) is 0. The molecule has 0 aliphatic rings. The molecule has 0 aromatic heterocycles. The second-order valence-electron chi connectivity index (χ2n) is 5.04. The van der Waals surface area contributed by atoms with Gasteiger partial charge in [-0.1, -0.05) is 41.4 Å². The summed E-state index contributed by atoms with van der Waals surface area (Å²) < 4.78 is 5.28. The minimum Gasteiger partial charge on any atom is -0.482 e. The van der Waals surface area contributed by atoms with Gasteiger partial charge in [0.2, 0.25) is 0 Å². The van der Waals surface area contributed by atoms with Crippen molar-refractivity contribution in [3.05, 3.63) is 64.2 Å². The van der Waals surface area contributed by atoms with E-state index >= 15 is 0 Å². The fraction of sp³-hybridized carbons (Fsp3) is 0.176. The SMILES string of the molecule is Cc1ccc(C)c(C(=O)NNC(=O)COc2ccccc2Cl)c1. The number of para-hydroxylation sites is 1. The molecule has 0 heterocycles. The zero-order valence-corrected chi connectivity index (χ0v) is 13.6. The van der Waals surface area contributed by atoms with E-state index in [9.17, 15) is 9.59 Å². The predicted molar refractivity (Wildman–Crippen MR) is 88.5 cm³/mol. The molecule has 0 aliphatic heterocycles. The third-order valence-corrected chi connectivity index (χ3v) is 3.46. The van der Waals surface area contributed by atoms with Crippen LogP contribution in [0.25, 0.3) is 0 Å². The third-order valence-electron chi connectivity index (χ3n) is 3.15. The Balaban J connectivity index is 1.86. The molecule has 5 nitrogen and oxygen atoms in total. The molecule has 0 unspecified atom stereocenters. The minimum absolute atomic E-state index is 0.253. The standard InChI is InChI=1S/C17H17ClN2O3/c1-11-7-8-12(2)13(9-11)17(22)20-19-16(21)10-23-15-6-4-3-5-14(15)18/h3-9H,10H2,1-2H3,(H,19,21)(H,20,22). The van der Waals surface area contributed by atoms with E-state index in [1.165, 1.54) is 0 Å². The summed E-state index contributed by atoms with van der Waals surface area (Å²) in [6.07, 6.45) is 0. The zero-order chi connectivity index (χ0) is 16.8. The molecular weight excluding hydrogens is 316 g/mol. The number of benzene rings is 2. The monoisotopic (exact) mass is 332 g/mol. The highest BCUT2D eigenvalue weighted by atomic mass is 35.5. The van der Waals surface area contributed by atoms with E-state index in [1.54, 1.807) is 30.3 Å². The van der Waals surface area contributed by atoms with Crippen LogP contribution < -0.4 is 15.6 Å². The molecule has 6 heteroatoms. The molecule has 0 radical (unpaired) electrons. The molecule has 2 aromatic carbocycles. The first-order valence-corrected chi connectivity index (χ1v) is 7.39. The molecule has 0 atom stereocenters. The largest absolute Gasteiger partial charge is 0.482 e. The maximum atomic E-state index is 12.1. The van der Waals surface area contributed by atoms with Gasteiger partial charge in [-0.3, -0.25) is 20.4 Å². The Morgan fingerprint density at radius 2 is 1.83 bits per heavy atom. The van der Waals surface area contributed by atoms with Gasteiger partial charge in [0.15, 0.2) is 6.61 Å². The molecule has 2 aromatic rings. The van der Waals surface area contributed by atoms with Crippen LogP contribution in [0.15, 0.2) is 42.5 Å². The van der Waals surface area contributed by atoms with E-state index in [-0.39, 0.29) is 12.5 Å². The fourth-order valence-electron chi connectivity index (χ4n) is 1.92. The van der Waals surface area contributed by atoms with Gasteiger partial charge in [0.1, 0.15) is 5.75 Å². The van der Waals surface area contributed by atoms with Gasteiger partial charge in [-0.25, -0.2) is 0 Å². The molecular formula is C17H17ClN2O3. The van der Waals surface area contributed by atoms with Crippen LogP contribution in [0.3, 0.4) is 0 Å². The number of hydrogen-bond acceptors (Lipinski definition) is 3. The van der Waals surface area contributed by atoms with Crippen LogP contribution in [0, 0.1) is 13.8 Å². The summed E-state index contributed by atoms with van der Waals surface area (Å²) in [5, 5.41) is 0.416. The Morgan fingerprint density at radius 1 is 1.09 bits per heavy atom. The molecule has 0 aliphatic carbocycles. The third kappa shape index (κ3) is 4.72. The number of ether oxygens (including phenoxy) is 1. The molecule has 0 saturated heterocycles. The quantitative estimate of drug-likeness (QED) is 0.846. The topological polar surface area (TPSA) is 67.4 Å². The van der Waals surface area contributed by atoms with Gasteiger partial charge in [-0.2, -0.15) is 0 Å². The van der Waals surface area contributed by atoms with Crippen molar-refractivity contribution < 1.29 is 14.3 Å². The van der Waals surface area contributed by atoms with Gasteiger partial charge in [-0.15, -0.1) is 0 Å². The number of carbonyl (C=O) groups is 2. The summed E-state index contributed by atoms with van der Waals surface area (Å²) in [4.78, 5) is 23.8. The second-order valence-corrected chi connectivity index (χ2v) is 5.45. The van der Waals surface area contributed by atoms with E-state index in [1.807, 2.05) is 26.0 Å². The van der Waals surface area contributed by atoms with Crippen LogP contribution >= 0.6 is 11.6 Å². The van der Waals surface area contributed by atoms with Crippen molar-refractivity contribution in [2.75, 3.05) is 6.61 Å². The fourth-order valence-corrected chi connectivity index (χ4v) is 2.11. The van der Waals surface area contributed by atoms with Gasteiger partial charge in [0, 0.05) is 5.56 Å². The highest BCUT2D eigenvalue weighted by molar-refractivity contribution is 6.32. The van der Waals surface area contributed by atoms with Gasteiger partial charge >= 0.3 is 0 Å². The van der Waals surface area contributed by atoms with Crippen LogP contribution in [-0.2, 0) is 4.79 Å². The smallest absolute Gasteiger partial charge is 0.276 e. The molecule has 2 rings (SSSR count). The summed E-state index contributed by atoms with van der Waals surface area (Å²) in [6.45, 7) is 3.47. The van der Waals surface area contributed by atoms with E-state index in [4.69, 9.17) is 16.3 Å². The zero-order valence-electron chi connectivity index (χ0n) is 12.9. The van der Waals surface area contributed by atoms with E-state index in [2.05, 4.69) is 10.9 Å². The van der Waals surface area contributed by atoms with E-state index in [0.29, 0.717) is 16.3 Å². The Bertz CT molecular complexity index is 732. The lowest BCUT2D eigenvalue weighted by molar-refractivity contribution is -0.123. The maximum absolute atomic E-state index is 12.1. The molecule has 120 valence electrons. The molecule has 0 fully saturated rings. The molecule has 2 N–H and O–H groups in total. The minimum atomic E-state index is -0.483. The van der Waals surface area contributed by atoms with Gasteiger partial charge in [-0.05, 0) is 37.6 Å². The molecule has 23 heavy (non-hydrogen) atoms. The second kappa shape index (κ2) is 7.65. The number of amides is 2. The summed E-state index contributed by atoms with van der Waals surface area (Å²) >= 11 is 5.92. The first kappa shape index (κ1) is 16.8. The number of hydrazine groups is 1. The van der Waals surface area contributed by atoms with Crippen molar-refractivity contribution in [3.8, 4) is 5.75 Å². The number of aryl methyl sites for hydroxylation is 2. The van der Waals surface area contributed by atoms with Gasteiger partial charge in [0.05, 0.1) is 5.02 Å². The normalized spacial score (nSPS) is 10.0. The number of carbonyl (C=O) groups excluding carboxylic acids is 2. The summed E-state index contributed by atoms with van der Waals surface area (Å²) in [5.41, 5.74) is 6.98. The first-order valence-electron chi connectivity index (χ1n) is 7.01. The van der Waals surface area contributed by atoms with Crippen molar-refractivity contribution in [1.82, 2.24) is 10.9 Å². The van der Waals surface area contributed by atoms with Crippen LogP contribution in [0.1, 0.15) is 21.5 Å². The Hall–Kier alpha value is -2.53. The van der Waals surface area contributed by atoms with Crippen molar-refractivity contribution >= 4 is 23.4 Å². The summed E-state index contributed by atoms with van der Waals surface area (Å²) in [6, 6.07) is 12.4. The highest BCUT2D eigenvalue weighted by Gasteiger charge is 2.11. The van der Waals surface area contributed by atoms with Crippen molar-refractivity contribution in [1.29, 1.82) is 0 Å².